The van der Waals surface area contributed by atoms with Gasteiger partial charge < -0.3 is 15.2 Å². The molecular weight excluding hydrogens is 264 g/mol. The highest BCUT2D eigenvalue weighted by Crippen LogP contribution is 2.20. The quantitative estimate of drug-likeness (QED) is 0.821. The van der Waals surface area contributed by atoms with Crippen LogP contribution in [-0.4, -0.2) is 22.7 Å². The Morgan fingerprint density at radius 1 is 1.24 bits per heavy atom. The Bertz CT molecular complexity index is 528. The van der Waals surface area contributed by atoms with Crippen LogP contribution in [0.4, 0.5) is 0 Å². The topological polar surface area (TPSA) is 54.4 Å². The van der Waals surface area contributed by atoms with E-state index < -0.39 is 6.10 Å². The van der Waals surface area contributed by atoms with Crippen molar-refractivity contribution in [3.8, 4) is 5.75 Å². The van der Waals surface area contributed by atoms with Crippen molar-refractivity contribution in [3.05, 3.63) is 59.9 Å². The molecule has 0 saturated heterocycles. The number of nitrogens with one attached hydrogen (secondary N) is 1. The number of hydrogen-bond donors (Lipinski definition) is 2. The number of rotatable bonds is 7. The molecule has 2 rings (SSSR count). The van der Waals surface area contributed by atoms with Crippen molar-refractivity contribution in [2.24, 2.45) is 0 Å². The minimum absolute atomic E-state index is 0.0526. The number of hydrogen-bond acceptors (Lipinski definition) is 4. The fourth-order valence-corrected chi connectivity index (χ4v) is 2.11. The zero-order valence-corrected chi connectivity index (χ0v) is 12.5. The Morgan fingerprint density at radius 2 is 2.00 bits per heavy atom. The van der Waals surface area contributed by atoms with Crippen LogP contribution in [0.2, 0.25) is 0 Å². The number of aliphatic hydroxyl groups excluding tert-OH is 1. The fourth-order valence-electron chi connectivity index (χ4n) is 2.11. The van der Waals surface area contributed by atoms with E-state index in [1.54, 1.807) is 6.20 Å². The summed E-state index contributed by atoms with van der Waals surface area (Å²) in [6, 6.07) is 11.4. The van der Waals surface area contributed by atoms with Crippen LogP contribution in [-0.2, 0) is 6.54 Å². The van der Waals surface area contributed by atoms with Crippen LogP contribution in [0, 0.1) is 0 Å². The highest BCUT2D eigenvalue weighted by Gasteiger charge is 2.15. The van der Waals surface area contributed by atoms with Crippen molar-refractivity contribution in [2.45, 2.75) is 32.5 Å². The minimum atomic E-state index is -0.558. The lowest BCUT2D eigenvalue weighted by atomic mass is 10.0. The average molecular weight is 286 g/mol. The van der Waals surface area contributed by atoms with Gasteiger partial charge in [0.05, 0.1) is 12.7 Å². The van der Waals surface area contributed by atoms with Gasteiger partial charge >= 0.3 is 0 Å². The summed E-state index contributed by atoms with van der Waals surface area (Å²) in [6.45, 7) is 5.25. The van der Waals surface area contributed by atoms with Gasteiger partial charge in [-0.15, -0.1) is 0 Å². The molecule has 2 atom stereocenters. The highest BCUT2D eigenvalue weighted by atomic mass is 16.5. The molecule has 1 aromatic heterocycles. The second kappa shape index (κ2) is 7.76. The van der Waals surface area contributed by atoms with E-state index in [-0.39, 0.29) is 6.04 Å². The monoisotopic (exact) mass is 286 g/mol. The summed E-state index contributed by atoms with van der Waals surface area (Å²) in [6.07, 6.45) is 3.02. The van der Waals surface area contributed by atoms with Crippen molar-refractivity contribution in [2.75, 3.05) is 6.61 Å². The lowest BCUT2D eigenvalue weighted by molar-refractivity contribution is 0.135. The maximum Gasteiger partial charge on any atom is 0.119 e. The van der Waals surface area contributed by atoms with Gasteiger partial charge in [-0.1, -0.05) is 18.2 Å². The van der Waals surface area contributed by atoms with Crippen LogP contribution < -0.4 is 10.1 Å². The molecule has 0 spiro atoms. The molecule has 0 radical (unpaired) electrons. The molecule has 2 aromatic rings. The van der Waals surface area contributed by atoms with Crippen molar-refractivity contribution < 1.29 is 9.84 Å². The SMILES string of the molecule is CCOc1ccc(C(O)C(C)NCc2cccnc2)cc1. The molecule has 4 heteroatoms. The van der Waals surface area contributed by atoms with E-state index in [1.165, 1.54) is 0 Å². The summed E-state index contributed by atoms with van der Waals surface area (Å²) in [5.74, 6) is 0.824. The third kappa shape index (κ3) is 4.55. The zero-order valence-electron chi connectivity index (χ0n) is 12.5. The van der Waals surface area contributed by atoms with Gasteiger partial charge in [0.25, 0.3) is 0 Å². The summed E-state index contributed by atoms with van der Waals surface area (Å²) in [5.41, 5.74) is 1.98. The molecule has 1 heterocycles. The van der Waals surface area contributed by atoms with Gasteiger partial charge in [0.1, 0.15) is 5.75 Å². The standard InChI is InChI=1S/C17H22N2O2/c1-3-21-16-8-6-15(7-9-16)17(20)13(2)19-12-14-5-4-10-18-11-14/h4-11,13,17,19-20H,3,12H2,1-2H3. The molecule has 1 aromatic carbocycles. The minimum Gasteiger partial charge on any atom is -0.494 e. The predicted octanol–water partition coefficient (Wildman–Crippen LogP) is 2.69. The Kier molecular flexibility index (Phi) is 5.72. The van der Waals surface area contributed by atoms with Gasteiger partial charge in [-0.25, -0.2) is 0 Å². The number of aromatic nitrogens is 1. The second-order valence-corrected chi connectivity index (χ2v) is 4.98. The average Bonchev–Trinajstić information content (AvgIpc) is 2.54. The second-order valence-electron chi connectivity index (χ2n) is 4.98. The summed E-state index contributed by atoms with van der Waals surface area (Å²) >= 11 is 0. The third-order valence-electron chi connectivity index (χ3n) is 3.36. The van der Waals surface area contributed by atoms with Crippen molar-refractivity contribution in [1.82, 2.24) is 10.3 Å². The van der Waals surface area contributed by atoms with Gasteiger partial charge in [0, 0.05) is 25.0 Å². The predicted molar refractivity (Wildman–Crippen MR) is 83.1 cm³/mol. The van der Waals surface area contributed by atoms with Crippen molar-refractivity contribution in [1.29, 1.82) is 0 Å². The van der Waals surface area contributed by atoms with E-state index in [4.69, 9.17) is 4.74 Å². The number of benzene rings is 1. The summed E-state index contributed by atoms with van der Waals surface area (Å²) < 4.78 is 5.40. The molecule has 4 nitrogen and oxygen atoms in total. The number of aliphatic hydroxyl groups is 1. The van der Waals surface area contributed by atoms with Gasteiger partial charge in [-0.05, 0) is 43.2 Å². The van der Waals surface area contributed by atoms with E-state index in [0.717, 1.165) is 16.9 Å². The van der Waals surface area contributed by atoms with Crippen LogP contribution >= 0.6 is 0 Å². The van der Waals surface area contributed by atoms with Crippen LogP contribution in [0.1, 0.15) is 31.1 Å². The van der Waals surface area contributed by atoms with E-state index in [1.807, 2.05) is 56.4 Å². The lowest BCUT2D eigenvalue weighted by Gasteiger charge is -2.21. The molecule has 2 unspecified atom stereocenters. The van der Waals surface area contributed by atoms with Crippen LogP contribution in [0.15, 0.2) is 48.8 Å². The Hall–Kier alpha value is -1.91. The maximum atomic E-state index is 10.4. The van der Waals surface area contributed by atoms with Gasteiger partial charge in [0.2, 0.25) is 0 Å². The van der Waals surface area contributed by atoms with Gasteiger partial charge in [0.15, 0.2) is 0 Å². The summed E-state index contributed by atoms with van der Waals surface area (Å²) in [4.78, 5) is 4.08. The lowest BCUT2D eigenvalue weighted by Crippen LogP contribution is -2.31. The first kappa shape index (κ1) is 15.5. The molecule has 0 amide bonds. The van der Waals surface area contributed by atoms with E-state index in [9.17, 15) is 5.11 Å². The highest BCUT2D eigenvalue weighted by molar-refractivity contribution is 5.29. The molecule has 0 aliphatic heterocycles. The number of pyridine rings is 1. The van der Waals surface area contributed by atoms with E-state index in [0.29, 0.717) is 13.2 Å². The number of ether oxygens (including phenoxy) is 1. The Balaban J connectivity index is 1.90. The van der Waals surface area contributed by atoms with E-state index in [2.05, 4.69) is 10.3 Å². The molecule has 0 saturated carbocycles. The molecule has 2 N–H and O–H groups in total. The molecule has 21 heavy (non-hydrogen) atoms. The first-order valence-corrected chi connectivity index (χ1v) is 7.24. The number of nitrogens with zero attached hydrogens (tertiary/aromatic N) is 1. The van der Waals surface area contributed by atoms with E-state index >= 15 is 0 Å². The Labute approximate surface area is 125 Å². The van der Waals surface area contributed by atoms with Gasteiger partial charge in [-0.3, -0.25) is 4.98 Å². The molecule has 0 aliphatic rings. The molecule has 0 bridgehead atoms. The van der Waals surface area contributed by atoms with Crippen molar-refractivity contribution >= 4 is 0 Å². The van der Waals surface area contributed by atoms with Crippen molar-refractivity contribution in [3.63, 3.8) is 0 Å². The Morgan fingerprint density at radius 3 is 2.62 bits per heavy atom. The summed E-state index contributed by atoms with van der Waals surface area (Å²) in [7, 11) is 0. The maximum absolute atomic E-state index is 10.4. The first-order chi connectivity index (χ1) is 10.2. The fraction of sp³-hybridized carbons (Fsp3) is 0.353. The normalized spacial score (nSPS) is 13.7. The zero-order chi connectivity index (χ0) is 15.1. The van der Waals surface area contributed by atoms with Crippen LogP contribution in [0.25, 0.3) is 0 Å². The van der Waals surface area contributed by atoms with Crippen LogP contribution in [0.3, 0.4) is 0 Å². The molecular formula is C17H22N2O2. The molecule has 0 fully saturated rings. The van der Waals surface area contributed by atoms with Gasteiger partial charge in [-0.2, -0.15) is 0 Å². The smallest absolute Gasteiger partial charge is 0.119 e. The van der Waals surface area contributed by atoms with Crippen LogP contribution in [0.5, 0.6) is 5.75 Å². The third-order valence-corrected chi connectivity index (χ3v) is 3.36. The molecule has 0 aliphatic carbocycles. The summed E-state index contributed by atoms with van der Waals surface area (Å²) in [5, 5.41) is 13.7. The largest absolute Gasteiger partial charge is 0.494 e. The first-order valence-electron chi connectivity index (χ1n) is 7.24. The molecule has 112 valence electrons.